The summed E-state index contributed by atoms with van der Waals surface area (Å²) in [4.78, 5) is 23.0. The van der Waals surface area contributed by atoms with Crippen molar-refractivity contribution in [2.75, 3.05) is 0 Å². The lowest BCUT2D eigenvalue weighted by Gasteiger charge is -2.10. The molecule has 88 valence electrons. The van der Waals surface area contributed by atoms with Crippen LogP contribution in [0.4, 0.5) is 0 Å². The zero-order valence-electron chi connectivity index (χ0n) is 9.53. The fourth-order valence-corrected chi connectivity index (χ4v) is 1.59. The van der Waals surface area contributed by atoms with Gasteiger partial charge in [-0.2, -0.15) is 0 Å². The molecule has 0 aromatic carbocycles. The first kappa shape index (κ1) is 11.3. The van der Waals surface area contributed by atoms with Gasteiger partial charge in [-0.15, -0.1) is 0 Å². The number of carboxylic acids is 1. The van der Waals surface area contributed by atoms with Gasteiger partial charge in [0, 0.05) is 24.5 Å². The second-order valence-electron chi connectivity index (χ2n) is 3.88. The van der Waals surface area contributed by atoms with Crippen LogP contribution in [0.2, 0.25) is 0 Å². The summed E-state index contributed by atoms with van der Waals surface area (Å²) in [6.07, 6.45) is 5.94. The van der Waals surface area contributed by atoms with Crippen LogP contribution in [0.5, 0.6) is 0 Å². The van der Waals surface area contributed by atoms with Crippen LogP contribution in [0.25, 0.3) is 5.82 Å². The zero-order chi connectivity index (χ0) is 12.4. The summed E-state index contributed by atoms with van der Waals surface area (Å²) in [6.45, 7) is 3.97. The Morgan fingerprint density at radius 2 is 2.18 bits per heavy atom. The van der Waals surface area contributed by atoms with E-state index in [2.05, 4.69) is 15.0 Å². The fourth-order valence-electron chi connectivity index (χ4n) is 1.59. The highest BCUT2D eigenvalue weighted by Gasteiger charge is 2.16. The molecule has 0 fully saturated rings. The number of aromatic carboxylic acids is 1. The van der Waals surface area contributed by atoms with Gasteiger partial charge in [-0.25, -0.2) is 19.7 Å². The normalized spacial score (nSPS) is 10.8. The predicted octanol–water partition coefficient (Wildman–Crippen LogP) is 1.48. The third-order valence-electron chi connectivity index (χ3n) is 2.34. The van der Waals surface area contributed by atoms with E-state index in [4.69, 9.17) is 5.11 Å². The lowest BCUT2D eigenvalue weighted by atomic mass is 10.2. The highest BCUT2D eigenvalue weighted by atomic mass is 16.4. The summed E-state index contributed by atoms with van der Waals surface area (Å²) in [6, 6.07) is 0. The molecule has 0 bridgehead atoms. The predicted molar refractivity (Wildman–Crippen MR) is 60.2 cm³/mol. The first-order chi connectivity index (χ1) is 8.11. The Labute approximate surface area is 98.0 Å². The van der Waals surface area contributed by atoms with Crippen molar-refractivity contribution in [3.8, 4) is 5.82 Å². The summed E-state index contributed by atoms with van der Waals surface area (Å²) in [7, 11) is 0. The molecular weight excluding hydrogens is 220 g/mol. The van der Waals surface area contributed by atoms with E-state index >= 15 is 0 Å². The molecule has 2 heterocycles. The Kier molecular flexibility index (Phi) is 2.86. The highest BCUT2D eigenvalue weighted by Crippen LogP contribution is 2.18. The fraction of sp³-hybridized carbons (Fsp3) is 0.273. The monoisotopic (exact) mass is 232 g/mol. The van der Waals surface area contributed by atoms with E-state index < -0.39 is 5.97 Å². The number of carbonyl (C=O) groups is 1. The van der Waals surface area contributed by atoms with Crippen LogP contribution in [0.3, 0.4) is 0 Å². The molecular formula is C11H12N4O2. The van der Waals surface area contributed by atoms with E-state index in [0.29, 0.717) is 5.82 Å². The maximum absolute atomic E-state index is 11.1. The van der Waals surface area contributed by atoms with Gasteiger partial charge in [-0.3, -0.25) is 4.57 Å². The Balaban J connectivity index is 2.60. The molecule has 17 heavy (non-hydrogen) atoms. The minimum absolute atomic E-state index is 0.0624. The van der Waals surface area contributed by atoms with Crippen LogP contribution in [0.1, 0.15) is 35.9 Å². The topological polar surface area (TPSA) is 80.9 Å². The standard InChI is InChI=1S/C11H12N4O2/c1-7(2)9-13-3-4-15(9)10-8(11(16)17)5-12-6-14-10/h3-7H,1-2H3,(H,16,17). The lowest BCUT2D eigenvalue weighted by Crippen LogP contribution is -2.11. The third-order valence-corrected chi connectivity index (χ3v) is 2.34. The van der Waals surface area contributed by atoms with Crippen molar-refractivity contribution in [1.29, 1.82) is 0 Å². The molecule has 2 rings (SSSR count). The van der Waals surface area contributed by atoms with Gasteiger partial charge >= 0.3 is 5.97 Å². The van der Waals surface area contributed by atoms with Crippen molar-refractivity contribution in [3.63, 3.8) is 0 Å². The molecule has 0 saturated carbocycles. The van der Waals surface area contributed by atoms with Gasteiger partial charge in [-0.05, 0) is 0 Å². The molecule has 0 radical (unpaired) electrons. The minimum Gasteiger partial charge on any atom is -0.477 e. The van der Waals surface area contributed by atoms with Crippen molar-refractivity contribution >= 4 is 5.97 Å². The SMILES string of the molecule is CC(C)c1nccn1-c1ncncc1C(=O)O. The van der Waals surface area contributed by atoms with Gasteiger partial charge in [0.2, 0.25) is 0 Å². The Morgan fingerprint density at radius 3 is 2.82 bits per heavy atom. The van der Waals surface area contributed by atoms with Crippen molar-refractivity contribution in [2.45, 2.75) is 19.8 Å². The van der Waals surface area contributed by atoms with Crippen LogP contribution in [0, 0.1) is 0 Å². The maximum atomic E-state index is 11.1. The van der Waals surface area contributed by atoms with E-state index in [9.17, 15) is 4.79 Å². The van der Waals surface area contributed by atoms with E-state index in [0.717, 1.165) is 5.82 Å². The summed E-state index contributed by atoms with van der Waals surface area (Å²) in [5.41, 5.74) is 0.0624. The van der Waals surface area contributed by atoms with Crippen LogP contribution in [0.15, 0.2) is 24.9 Å². The van der Waals surface area contributed by atoms with Crippen LogP contribution >= 0.6 is 0 Å². The molecule has 0 spiro atoms. The molecule has 0 aliphatic rings. The minimum atomic E-state index is -1.05. The number of hydrogen-bond donors (Lipinski definition) is 1. The molecule has 0 atom stereocenters. The Bertz CT molecular complexity index is 548. The molecule has 6 heteroatoms. The molecule has 0 saturated heterocycles. The van der Waals surface area contributed by atoms with Crippen molar-refractivity contribution < 1.29 is 9.90 Å². The second kappa shape index (κ2) is 4.32. The number of aromatic nitrogens is 4. The van der Waals surface area contributed by atoms with Gasteiger partial charge in [0.15, 0.2) is 5.82 Å². The maximum Gasteiger partial charge on any atom is 0.341 e. The molecule has 6 nitrogen and oxygen atoms in total. The van der Waals surface area contributed by atoms with E-state index in [-0.39, 0.29) is 11.5 Å². The summed E-state index contributed by atoms with van der Waals surface area (Å²) in [5.74, 6) is 0.241. The van der Waals surface area contributed by atoms with Gasteiger partial charge in [0.1, 0.15) is 17.7 Å². The highest BCUT2D eigenvalue weighted by molar-refractivity contribution is 5.90. The molecule has 0 aliphatic heterocycles. The lowest BCUT2D eigenvalue weighted by molar-refractivity contribution is 0.0696. The molecule has 2 aromatic heterocycles. The second-order valence-corrected chi connectivity index (χ2v) is 3.88. The van der Waals surface area contributed by atoms with E-state index in [1.807, 2.05) is 13.8 Å². The smallest absolute Gasteiger partial charge is 0.341 e. The summed E-state index contributed by atoms with van der Waals surface area (Å²) >= 11 is 0. The molecule has 1 N–H and O–H groups in total. The number of nitrogens with zero attached hydrogens (tertiary/aromatic N) is 4. The van der Waals surface area contributed by atoms with Gasteiger partial charge in [-0.1, -0.05) is 13.8 Å². The third kappa shape index (κ3) is 2.01. The summed E-state index contributed by atoms with van der Waals surface area (Å²) in [5, 5.41) is 9.08. The van der Waals surface area contributed by atoms with E-state index in [1.165, 1.54) is 12.5 Å². The number of imidazole rings is 1. The zero-order valence-corrected chi connectivity index (χ0v) is 9.53. The van der Waals surface area contributed by atoms with Crippen LogP contribution < -0.4 is 0 Å². The first-order valence-corrected chi connectivity index (χ1v) is 5.18. The first-order valence-electron chi connectivity index (χ1n) is 5.18. The molecule has 2 aromatic rings. The number of rotatable bonds is 3. The average Bonchev–Trinajstić information content (AvgIpc) is 2.77. The van der Waals surface area contributed by atoms with Crippen molar-refractivity contribution in [2.24, 2.45) is 0 Å². The Hall–Kier alpha value is -2.24. The van der Waals surface area contributed by atoms with Gasteiger partial charge < -0.3 is 5.11 Å². The molecule has 0 aliphatic carbocycles. The van der Waals surface area contributed by atoms with E-state index in [1.54, 1.807) is 17.0 Å². The van der Waals surface area contributed by atoms with Crippen LogP contribution in [-0.4, -0.2) is 30.6 Å². The molecule has 0 amide bonds. The number of hydrogen-bond acceptors (Lipinski definition) is 4. The largest absolute Gasteiger partial charge is 0.477 e. The van der Waals surface area contributed by atoms with Crippen LogP contribution in [-0.2, 0) is 0 Å². The molecule has 0 unspecified atom stereocenters. The summed E-state index contributed by atoms with van der Waals surface area (Å²) < 4.78 is 1.68. The van der Waals surface area contributed by atoms with Gasteiger partial charge in [0.05, 0.1) is 0 Å². The van der Waals surface area contributed by atoms with Crippen molar-refractivity contribution in [1.82, 2.24) is 19.5 Å². The van der Waals surface area contributed by atoms with Gasteiger partial charge in [0.25, 0.3) is 0 Å². The average molecular weight is 232 g/mol. The van der Waals surface area contributed by atoms with Crippen molar-refractivity contribution in [3.05, 3.63) is 36.3 Å². The quantitative estimate of drug-likeness (QED) is 0.866. The number of carboxylic acid groups (broad SMARTS) is 1. The Morgan fingerprint density at radius 1 is 1.41 bits per heavy atom.